The molecule has 0 fully saturated rings. The van der Waals surface area contributed by atoms with Gasteiger partial charge in [-0.1, -0.05) is 11.6 Å². The minimum atomic E-state index is -0.496. The van der Waals surface area contributed by atoms with Crippen LogP contribution in [0, 0.1) is 11.7 Å². The molecule has 0 saturated carbocycles. The number of amides is 1. The van der Waals surface area contributed by atoms with Crippen LogP contribution in [0.5, 0.6) is 0 Å². The standard InChI is InChI=1S/C14H13ClFN3O/c15-11-8-10(1-2-12(11)16)18-14(20)9-3-5-19-6-4-17-13(19)7-9/h1-2,4,6,8-9H,3,5,7H2,(H,18,20). The van der Waals surface area contributed by atoms with Crippen LogP contribution in [-0.2, 0) is 17.8 Å². The molecule has 0 saturated heterocycles. The molecule has 0 aliphatic carbocycles. The number of imidazole rings is 1. The molecule has 0 radical (unpaired) electrons. The van der Waals surface area contributed by atoms with Crippen LogP contribution in [0.3, 0.4) is 0 Å². The monoisotopic (exact) mass is 293 g/mol. The van der Waals surface area contributed by atoms with Crippen molar-refractivity contribution in [2.24, 2.45) is 5.92 Å². The van der Waals surface area contributed by atoms with Gasteiger partial charge in [-0.25, -0.2) is 9.37 Å². The van der Waals surface area contributed by atoms with E-state index >= 15 is 0 Å². The summed E-state index contributed by atoms with van der Waals surface area (Å²) in [6.07, 6.45) is 5.05. The molecule has 1 atom stereocenters. The zero-order valence-electron chi connectivity index (χ0n) is 10.6. The maximum atomic E-state index is 13.1. The molecule has 1 unspecified atom stereocenters. The number of aromatic nitrogens is 2. The average molecular weight is 294 g/mol. The Labute approximate surface area is 120 Å². The van der Waals surface area contributed by atoms with Crippen LogP contribution >= 0.6 is 11.6 Å². The Hall–Kier alpha value is -1.88. The highest BCUT2D eigenvalue weighted by Crippen LogP contribution is 2.23. The van der Waals surface area contributed by atoms with E-state index in [1.54, 1.807) is 6.20 Å². The van der Waals surface area contributed by atoms with Crippen molar-refractivity contribution in [3.8, 4) is 0 Å². The number of anilines is 1. The molecule has 20 heavy (non-hydrogen) atoms. The molecule has 1 N–H and O–H groups in total. The Morgan fingerprint density at radius 3 is 3.15 bits per heavy atom. The van der Waals surface area contributed by atoms with E-state index in [1.807, 2.05) is 6.20 Å². The lowest BCUT2D eigenvalue weighted by molar-refractivity contribution is -0.120. The first-order valence-corrected chi connectivity index (χ1v) is 6.77. The van der Waals surface area contributed by atoms with Gasteiger partial charge in [0.2, 0.25) is 5.91 Å². The van der Waals surface area contributed by atoms with E-state index in [9.17, 15) is 9.18 Å². The molecule has 2 heterocycles. The Bertz CT molecular complexity index is 656. The molecule has 1 amide bonds. The van der Waals surface area contributed by atoms with Gasteiger partial charge in [0.15, 0.2) is 0 Å². The molecule has 1 aromatic carbocycles. The van der Waals surface area contributed by atoms with Crippen LogP contribution in [0.25, 0.3) is 0 Å². The van der Waals surface area contributed by atoms with E-state index in [1.165, 1.54) is 18.2 Å². The van der Waals surface area contributed by atoms with E-state index in [-0.39, 0.29) is 16.8 Å². The molecular formula is C14H13ClFN3O. The lowest BCUT2D eigenvalue weighted by Gasteiger charge is -2.22. The topological polar surface area (TPSA) is 46.9 Å². The first-order chi connectivity index (χ1) is 9.63. The van der Waals surface area contributed by atoms with Gasteiger partial charge < -0.3 is 9.88 Å². The van der Waals surface area contributed by atoms with Crippen LogP contribution in [0.2, 0.25) is 5.02 Å². The number of nitrogens with zero attached hydrogens (tertiary/aromatic N) is 2. The Kier molecular flexibility index (Phi) is 3.44. The van der Waals surface area contributed by atoms with E-state index in [2.05, 4.69) is 14.9 Å². The molecule has 4 nitrogen and oxygen atoms in total. The molecule has 1 aromatic heterocycles. The van der Waals surface area contributed by atoms with Gasteiger partial charge in [0.1, 0.15) is 11.6 Å². The van der Waals surface area contributed by atoms with Crippen molar-refractivity contribution in [2.75, 3.05) is 5.32 Å². The highest BCUT2D eigenvalue weighted by molar-refractivity contribution is 6.31. The highest BCUT2D eigenvalue weighted by Gasteiger charge is 2.25. The van der Waals surface area contributed by atoms with Gasteiger partial charge in [-0.15, -0.1) is 0 Å². The third-order valence-electron chi connectivity index (χ3n) is 3.51. The summed E-state index contributed by atoms with van der Waals surface area (Å²) in [5.74, 6) is 0.230. The second-order valence-corrected chi connectivity index (χ2v) is 5.25. The zero-order valence-corrected chi connectivity index (χ0v) is 11.4. The summed E-state index contributed by atoms with van der Waals surface area (Å²) in [6.45, 7) is 0.789. The molecule has 104 valence electrons. The van der Waals surface area contributed by atoms with Gasteiger partial charge >= 0.3 is 0 Å². The number of aryl methyl sites for hydroxylation is 1. The first-order valence-electron chi connectivity index (χ1n) is 6.39. The maximum Gasteiger partial charge on any atom is 0.228 e. The molecule has 2 aromatic rings. The van der Waals surface area contributed by atoms with Crippen LogP contribution in [0.4, 0.5) is 10.1 Å². The average Bonchev–Trinajstić information content (AvgIpc) is 2.90. The minimum absolute atomic E-state index is 0.00184. The second kappa shape index (κ2) is 5.25. The third kappa shape index (κ3) is 2.54. The Balaban J connectivity index is 1.69. The normalized spacial score (nSPS) is 17.6. The van der Waals surface area contributed by atoms with Gasteiger partial charge in [-0.2, -0.15) is 0 Å². The SMILES string of the molecule is O=C(Nc1ccc(F)c(Cl)c1)C1CCn2ccnc2C1. The predicted molar refractivity (Wildman–Crippen MR) is 74.1 cm³/mol. The van der Waals surface area contributed by atoms with Crippen molar-refractivity contribution in [1.82, 2.24) is 9.55 Å². The number of hydrogen-bond donors (Lipinski definition) is 1. The van der Waals surface area contributed by atoms with Crippen molar-refractivity contribution >= 4 is 23.2 Å². The van der Waals surface area contributed by atoms with E-state index in [4.69, 9.17) is 11.6 Å². The number of carbonyl (C=O) groups is 1. The molecule has 0 bridgehead atoms. The maximum absolute atomic E-state index is 13.1. The number of fused-ring (bicyclic) bond motifs is 1. The quantitative estimate of drug-likeness (QED) is 0.925. The number of benzene rings is 1. The van der Waals surface area contributed by atoms with Gasteiger partial charge in [0, 0.05) is 37.0 Å². The molecule has 1 aliphatic rings. The fourth-order valence-corrected chi connectivity index (χ4v) is 2.57. The smallest absolute Gasteiger partial charge is 0.228 e. The van der Waals surface area contributed by atoms with Crippen molar-refractivity contribution in [1.29, 1.82) is 0 Å². The van der Waals surface area contributed by atoms with Gasteiger partial charge in [-0.3, -0.25) is 4.79 Å². The summed E-state index contributed by atoms with van der Waals surface area (Å²) in [4.78, 5) is 16.4. The minimum Gasteiger partial charge on any atom is -0.335 e. The van der Waals surface area contributed by atoms with E-state index in [0.29, 0.717) is 12.1 Å². The molecule has 3 rings (SSSR count). The summed E-state index contributed by atoms with van der Waals surface area (Å²) in [6, 6.07) is 4.16. The number of nitrogens with one attached hydrogen (secondary N) is 1. The third-order valence-corrected chi connectivity index (χ3v) is 3.80. The van der Waals surface area contributed by atoms with Gasteiger partial charge in [0.05, 0.1) is 5.02 Å². The number of carbonyl (C=O) groups excluding carboxylic acids is 1. The molecule has 1 aliphatic heterocycles. The van der Waals surface area contributed by atoms with Crippen molar-refractivity contribution in [2.45, 2.75) is 19.4 Å². The first kappa shape index (κ1) is 13.1. The van der Waals surface area contributed by atoms with Gasteiger partial charge in [-0.05, 0) is 24.6 Å². The molecular weight excluding hydrogens is 281 g/mol. The Morgan fingerprint density at radius 2 is 2.35 bits per heavy atom. The van der Waals surface area contributed by atoms with Crippen LogP contribution in [0.15, 0.2) is 30.6 Å². The predicted octanol–water partition coefficient (Wildman–Crippen LogP) is 2.88. The lowest BCUT2D eigenvalue weighted by Crippen LogP contribution is -2.30. The van der Waals surface area contributed by atoms with E-state index in [0.717, 1.165) is 18.8 Å². The van der Waals surface area contributed by atoms with E-state index < -0.39 is 5.82 Å². The highest BCUT2D eigenvalue weighted by atomic mass is 35.5. The van der Waals surface area contributed by atoms with Crippen molar-refractivity contribution in [3.63, 3.8) is 0 Å². The number of hydrogen-bond acceptors (Lipinski definition) is 2. The zero-order chi connectivity index (χ0) is 14.1. The summed E-state index contributed by atoms with van der Waals surface area (Å²) < 4.78 is 15.1. The Morgan fingerprint density at radius 1 is 1.50 bits per heavy atom. The number of halogens is 2. The van der Waals surface area contributed by atoms with Crippen LogP contribution in [0.1, 0.15) is 12.2 Å². The summed E-state index contributed by atoms with van der Waals surface area (Å²) >= 11 is 5.70. The van der Waals surface area contributed by atoms with Gasteiger partial charge in [0.25, 0.3) is 0 Å². The summed E-state index contributed by atoms with van der Waals surface area (Å²) in [7, 11) is 0. The van der Waals surface area contributed by atoms with Crippen LogP contribution < -0.4 is 5.32 Å². The largest absolute Gasteiger partial charge is 0.335 e. The molecule has 0 spiro atoms. The van der Waals surface area contributed by atoms with Crippen molar-refractivity contribution < 1.29 is 9.18 Å². The lowest BCUT2D eigenvalue weighted by atomic mass is 9.97. The fourth-order valence-electron chi connectivity index (χ4n) is 2.39. The van der Waals surface area contributed by atoms with Crippen molar-refractivity contribution in [3.05, 3.63) is 47.3 Å². The fraction of sp³-hybridized carbons (Fsp3) is 0.286. The molecule has 6 heteroatoms. The summed E-state index contributed by atoms with van der Waals surface area (Å²) in [5.41, 5.74) is 0.510. The summed E-state index contributed by atoms with van der Waals surface area (Å²) in [5, 5.41) is 2.78. The van der Waals surface area contributed by atoms with Crippen LogP contribution in [-0.4, -0.2) is 15.5 Å². The second-order valence-electron chi connectivity index (χ2n) is 4.84. The number of rotatable bonds is 2.